The van der Waals surface area contributed by atoms with Crippen LogP contribution in [0.15, 0.2) is 10.6 Å². The average molecular weight is 305 g/mol. The number of hydrogen-bond acceptors (Lipinski definition) is 8. The summed E-state index contributed by atoms with van der Waals surface area (Å²) in [5.74, 6) is -2.40. The van der Waals surface area contributed by atoms with E-state index in [1.807, 2.05) is 13.8 Å². The van der Waals surface area contributed by atoms with Gasteiger partial charge in [-0.05, 0) is 13.8 Å². The van der Waals surface area contributed by atoms with Gasteiger partial charge in [0.15, 0.2) is 17.1 Å². The van der Waals surface area contributed by atoms with Crippen molar-refractivity contribution in [2.45, 2.75) is 39.5 Å². The Kier molecular flexibility index (Phi) is 3.01. The van der Waals surface area contributed by atoms with Crippen LogP contribution in [0.25, 0.3) is 5.70 Å². The Morgan fingerprint density at radius 3 is 2.41 bits per heavy atom. The van der Waals surface area contributed by atoms with Crippen LogP contribution in [0, 0.1) is 0 Å². The van der Waals surface area contributed by atoms with Crippen LogP contribution in [0.5, 0.6) is 0 Å². The molecule has 0 bridgehead atoms. The number of aromatic amines is 1. The van der Waals surface area contributed by atoms with Crippen LogP contribution in [0.3, 0.4) is 0 Å². The summed E-state index contributed by atoms with van der Waals surface area (Å²) in [4.78, 5) is 30.2. The number of hydrogen-bond donors (Lipinski definition) is 1. The standard InChI is InChI=1S/C13H15N5O4/c1-6(2)18-5-14-8(9-10(18)16-17-15-9)7-11(19)21-13(3,4)22-12(7)20/h5-6H,1-4H3,(H,15,16,17). The third-order valence-corrected chi connectivity index (χ3v) is 3.19. The molecule has 116 valence electrons. The number of carbonyl (C=O) groups is 2. The molecule has 0 aliphatic carbocycles. The highest BCUT2D eigenvalue weighted by Crippen LogP contribution is 2.34. The number of aliphatic imine (C=N–C) groups is 1. The summed E-state index contributed by atoms with van der Waals surface area (Å²) in [7, 11) is 0. The number of anilines is 1. The predicted molar refractivity (Wildman–Crippen MR) is 75.7 cm³/mol. The van der Waals surface area contributed by atoms with Gasteiger partial charge in [-0.1, -0.05) is 0 Å². The fourth-order valence-electron chi connectivity index (χ4n) is 2.21. The van der Waals surface area contributed by atoms with Crippen molar-refractivity contribution in [2.24, 2.45) is 4.99 Å². The molecule has 0 atom stereocenters. The summed E-state index contributed by atoms with van der Waals surface area (Å²) in [6.07, 6.45) is 1.50. The van der Waals surface area contributed by atoms with E-state index in [0.29, 0.717) is 11.5 Å². The zero-order valence-electron chi connectivity index (χ0n) is 12.6. The first-order valence-corrected chi connectivity index (χ1v) is 6.75. The van der Waals surface area contributed by atoms with Crippen LogP contribution < -0.4 is 4.90 Å². The Morgan fingerprint density at radius 2 is 1.82 bits per heavy atom. The smallest absolute Gasteiger partial charge is 0.351 e. The molecule has 0 unspecified atom stereocenters. The van der Waals surface area contributed by atoms with Crippen molar-refractivity contribution >= 4 is 29.8 Å². The van der Waals surface area contributed by atoms with Crippen molar-refractivity contribution < 1.29 is 19.1 Å². The molecular weight excluding hydrogens is 290 g/mol. The van der Waals surface area contributed by atoms with E-state index in [0.717, 1.165) is 0 Å². The maximum absolute atomic E-state index is 12.1. The van der Waals surface area contributed by atoms with Gasteiger partial charge < -0.3 is 14.4 Å². The minimum atomic E-state index is -1.30. The highest BCUT2D eigenvalue weighted by atomic mass is 16.7. The van der Waals surface area contributed by atoms with Gasteiger partial charge in [-0.3, -0.25) is 0 Å². The van der Waals surface area contributed by atoms with Gasteiger partial charge in [0.1, 0.15) is 5.70 Å². The summed E-state index contributed by atoms with van der Waals surface area (Å²) in [5.41, 5.74) is 0.111. The Labute approximate surface area is 126 Å². The number of cyclic esters (lactones) is 2. The molecule has 22 heavy (non-hydrogen) atoms. The molecule has 0 radical (unpaired) electrons. The van der Waals surface area contributed by atoms with Crippen molar-refractivity contribution in [1.82, 2.24) is 15.4 Å². The van der Waals surface area contributed by atoms with Crippen molar-refractivity contribution in [1.29, 1.82) is 0 Å². The van der Waals surface area contributed by atoms with E-state index >= 15 is 0 Å². The second kappa shape index (κ2) is 4.65. The summed E-state index contributed by atoms with van der Waals surface area (Å²) in [6.45, 7) is 6.87. The van der Waals surface area contributed by atoms with Crippen LogP contribution >= 0.6 is 0 Å². The van der Waals surface area contributed by atoms with Gasteiger partial charge in [-0.25, -0.2) is 14.6 Å². The van der Waals surface area contributed by atoms with Gasteiger partial charge in [0.2, 0.25) is 0 Å². The van der Waals surface area contributed by atoms with E-state index in [1.54, 1.807) is 4.90 Å². The Hall–Kier alpha value is -2.71. The first-order valence-electron chi connectivity index (χ1n) is 6.75. The summed E-state index contributed by atoms with van der Waals surface area (Å²) >= 11 is 0. The number of esters is 2. The fourth-order valence-corrected chi connectivity index (χ4v) is 2.21. The fraction of sp³-hybridized carbons (Fsp3) is 0.462. The van der Waals surface area contributed by atoms with Crippen LogP contribution in [0.4, 0.5) is 5.82 Å². The maximum atomic E-state index is 12.1. The van der Waals surface area contributed by atoms with Gasteiger partial charge in [-0.2, -0.15) is 10.3 Å². The van der Waals surface area contributed by atoms with Gasteiger partial charge >= 0.3 is 11.9 Å². The topological polar surface area (TPSA) is 110 Å². The quantitative estimate of drug-likeness (QED) is 0.460. The summed E-state index contributed by atoms with van der Waals surface area (Å²) in [6, 6.07) is 0.0864. The Bertz CT molecular complexity index is 694. The number of H-pyrrole nitrogens is 1. The number of nitrogens with zero attached hydrogens (tertiary/aromatic N) is 4. The van der Waals surface area contributed by atoms with Gasteiger partial charge in [0.05, 0.1) is 6.34 Å². The van der Waals surface area contributed by atoms with Crippen molar-refractivity contribution in [2.75, 3.05) is 4.90 Å². The second-order valence-corrected chi connectivity index (χ2v) is 5.64. The van der Waals surface area contributed by atoms with E-state index in [-0.39, 0.29) is 17.3 Å². The van der Waals surface area contributed by atoms with E-state index in [2.05, 4.69) is 20.4 Å². The lowest BCUT2D eigenvalue weighted by molar-refractivity contribution is -0.222. The summed E-state index contributed by atoms with van der Waals surface area (Å²) in [5, 5.41) is 10.5. The molecule has 1 fully saturated rings. The van der Waals surface area contributed by atoms with Gasteiger partial charge in [0.25, 0.3) is 5.79 Å². The SMILES string of the molecule is CC(C)N1C=NC(=C2C(=O)OC(C)(C)OC2=O)c2n[nH]nc21. The number of aromatic nitrogens is 3. The number of nitrogens with one attached hydrogen (secondary N) is 1. The molecule has 0 aromatic carbocycles. The number of fused-ring (bicyclic) bond motifs is 1. The molecule has 2 aliphatic heterocycles. The molecule has 0 saturated carbocycles. The molecule has 3 rings (SSSR count). The van der Waals surface area contributed by atoms with Crippen molar-refractivity contribution in [3.05, 3.63) is 11.3 Å². The first kappa shape index (κ1) is 14.2. The highest BCUT2D eigenvalue weighted by Gasteiger charge is 2.43. The number of rotatable bonds is 1. The lowest BCUT2D eigenvalue weighted by Gasteiger charge is -2.31. The molecule has 1 aromatic heterocycles. The zero-order chi connectivity index (χ0) is 16.1. The molecule has 0 amide bonds. The van der Waals surface area contributed by atoms with Gasteiger partial charge in [-0.15, -0.1) is 5.10 Å². The minimum Gasteiger partial charge on any atom is -0.419 e. The molecule has 1 aromatic rings. The Balaban J connectivity index is 2.12. The zero-order valence-corrected chi connectivity index (χ0v) is 12.6. The molecule has 1 N–H and O–H groups in total. The van der Waals surface area contributed by atoms with Crippen LogP contribution in [0.1, 0.15) is 33.4 Å². The summed E-state index contributed by atoms with van der Waals surface area (Å²) < 4.78 is 10.2. The molecule has 2 aliphatic rings. The first-order chi connectivity index (χ1) is 10.3. The predicted octanol–water partition coefficient (Wildman–Crippen LogP) is 0.609. The monoisotopic (exact) mass is 305 g/mol. The van der Waals surface area contributed by atoms with E-state index in [1.165, 1.54) is 20.2 Å². The number of carbonyl (C=O) groups excluding carboxylic acids is 2. The molecule has 3 heterocycles. The van der Waals surface area contributed by atoms with E-state index in [9.17, 15) is 9.59 Å². The maximum Gasteiger partial charge on any atom is 0.351 e. The lowest BCUT2D eigenvalue weighted by Crippen LogP contribution is -2.42. The molecule has 9 heteroatoms. The van der Waals surface area contributed by atoms with Crippen molar-refractivity contribution in [3.8, 4) is 0 Å². The van der Waals surface area contributed by atoms with E-state index in [4.69, 9.17) is 9.47 Å². The molecule has 9 nitrogen and oxygen atoms in total. The second-order valence-electron chi connectivity index (χ2n) is 5.64. The van der Waals surface area contributed by atoms with Gasteiger partial charge in [0, 0.05) is 19.9 Å². The largest absolute Gasteiger partial charge is 0.419 e. The minimum absolute atomic E-state index is 0.0864. The van der Waals surface area contributed by atoms with Crippen LogP contribution in [-0.2, 0) is 19.1 Å². The van der Waals surface area contributed by atoms with Crippen LogP contribution in [-0.4, -0.2) is 45.5 Å². The van der Waals surface area contributed by atoms with Crippen molar-refractivity contribution in [3.63, 3.8) is 0 Å². The lowest BCUT2D eigenvalue weighted by atomic mass is 10.1. The molecule has 0 spiro atoms. The molecular formula is C13H15N5O4. The highest BCUT2D eigenvalue weighted by molar-refractivity contribution is 6.22. The van der Waals surface area contributed by atoms with Crippen LogP contribution in [0.2, 0.25) is 0 Å². The number of ether oxygens (including phenoxy) is 2. The average Bonchev–Trinajstić information content (AvgIpc) is 2.85. The van der Waals surface area contributed by atoms with E-state index < -0.39 is 17.7 Å². The normalized spacial score (nSPS) is 20.1. The third kappa shape index (κ3) is 2.14. The molecule has 1 saturated heterocycles. The third-order valence-electron chi connectivity index (χ3n) is 3.19. The Morgan fingerprint density at radius 1 is 1.18 bits per heavy atom.